The van der Waals surface area contributed by atoms with Crippen LogP contribution in [0.5, 0.6) is 0 Å². The Morgan fingerprint density at radius 2 is 0.893 bits per heavy atom. The van der Waals surface area contributed by atoms with Gasteiger partial charge < -0.3 is 0 Å². The largest absolute Gasteiger partial charge is 0.256 e. The molecule has 0 spiro atoms. The van der Waals surface area contributed by atoms with Crippen molar-refractivity contribution in [3.8, 4) is 33.6 Å². The highest BCUT2D eigenvalue weighted by molar-refractivity contribution is 6.23. The van der Waals surface area contributed by atoms with Gasteiger partial charge in [-0.2, -0.15) is 0 Å². The zero-order valence-corrected chi connectivity index (χ0v) is 29.6. The van der Waals surface area contributed by atoms with Crippen LogP contribution in [0.4, 0.5) is 0 Å². The van der Waals surface area contributed by atoms with E-state index < -0.39 is 0 Å². The predicted octanol–water partition coefficient (Wildman–Crippen LogP) is 11.1. The van der Waals surface area contributed by atoms with Crippen molar-refractivity contribution >= 4 is 87.2 Å². The van der Waals surface area contributed by atoms with Gasteiger partial charge in [-0.05, 0) is 103 Å². The molecule has 0 fully saturated rings. The monoisotopic (exact) mass is 714 g/mol. The Labute approximate surface area is 318 Å². The number of benzene rings is 4. The zero-order chi connectivity index (χ0) is 36.7. The second-order valence-electron chi connectivity index (χ2n) is 13.9. The minimum atomic E-state index is 0.722. The molecule has 12 rings (SSSR count). The molecule has 0 atom stereocenters. The van der Waals surface area contributed by atoms with Crippen LogP contribution in [0, 0.1) is 0 Å². The number of nitrogens with zero attached hydrogens (tertiary/aromatic N) is 8. The van der Waals surface area contributed by atoms with Crippen molar-refractivity contribution in [1.29, 1.82) is 0 Å². The highest BCUT2D eigenvalue weighted by Gasteiger charge is 2.26. The third kappa shape index (κ3) is 4.47. The maximum atomic E-state index is 5.64. The fourth-order valence-corrected chi connectivity index (χ4v) is 8.46. The molecule has 0 saturated heterocycles. The molecule has 8 heterocycles. The molecule has 4 aromatic carbocycles. The summed E-state index contributed by atoms with van der Waals surface area (Å²) in [7, 11) is 0. The van der Waals surface area contributed by atoms with E-state index in [9.17, 15) is 0 Å². The Kier molecular flexibility index (Phi) is 6.47. The summed E-state index contributed by atoms with van der Waals surface area (Å²) >= 11 is 0. The van der Waals surface area contributed by atoms with Gasteiger partial charge in [0.15, 0.2) is 0 Å². The van der Waals surface area contributed by atoms with Crippen molar-refractivity contribution in [2.24, 2.45) is 0 Å². The molecule has 0 aliphatic heterocycles. The van der Waals surface area contributed by atoms with Crippen LogP contribution in [0.25, 0.3) is 121 Å². The molecule has 8 nitrogen and oxygen atoms in total. The Bertz CT molecular complexity index is 3620. The lowest BCUT2D eigenvalue weighted by Crippen LogP contribution is -2.01. The lowest BCUT2D eigenvalue weighted by atomic mass is 9.85. The van der Waals surface area contributed by atoms with Crippen LogP contribution < -0.4 is 0 Å². The molecule has 8 aromatic heterocycles. The van der Waals surface area contributed by atoms with E-state index in [1.54, 1.807) is 0 Å². The summed E-state index contributed by atoms with van der Waals surface area (Å²) in [4.78, 5) is 40.2. The van der Waals surface area contributed by atoms with E-state index in [0.717, 1.165) is 121 Å². The average Bonchev–Trinajstić information content (AvgIpc) is 3.27. The summed E-state index contributed by atoms with van der Waals surface area (Å²) in [5.74, 6) is 0. The number of pyridine rings is 8. The number of fused-ring (bicyclic) bond motifs is 12. The van der Waals surface area contributed by atoms with Gasteiger partial charge in [-0.25, -0.2) is 9.97 Å². The number of aromatic nitrogens is 8. The number of hydrogen-bond donors (Lipinski definition) is 0. The van der Waals surface area contributed by atoms with E-state index in [2.05, 4.69) is 84.9 Å². The summed E-state index contributed by atoms with van der Waals surface area (Å²) in [6.45, 7) is 0. The van der Waals surface area contributed by atoms with Gasteiger partial charge in [-0.3, -0.25) is 29.9 Å². The molecular weight excluding hydrogens is 689 g/mol. The van der Waals surface area contributed by atoms with Crippen LogP contribution in [0.15, 0.2) is 159 Å². The van der Waals surface area contributed by atoms with Crippen LogP contribution in [-0.4, -0.2) is 39.9 Å². The van der Waals surface area contributed by atoms with Crippen molar-refractivity contribution in [3.63, 3.8) is 0 Å². The SMILES string of the molecule is c1cnc2c(c1)ccc1nc(-c3nc4c(ccc5ncccc54)c(-c4cc5ncccc5c5ncccc45)c3-c3cc4cccnc4c4cccnc34)ccc12. The molecule has 12 aromatic rings. The van der Waals surface area contributed by atoms with Crippen molar-refractivity contribution < 1.29 is 0 Å². The van der Waals surface area contributed by atoms with Gasteiger partial charge in [-0.15, -0.1) is 0 Å². The maximum Gasteiger partial charge on any atom is 0.0979 e. The molecule has 56 heavy (non-hydrogen) atoms. The summed E-state index contributed by atoms with van der Waals surface area (Å²) in [5.41, 5.74) is 12.1. The Morgan fingerprint density at radius 3 is 1.71 bits per heavy atom. The highest BCUT2D eigenvalue weighted by Crippen LogP contribution is 2.49. The van der Waals surface area contributed by atoms with Crippen LogP contribution >= 0.6 is 0 Å². The van der Waals surface area contributed by atoms with Crippen molar-refractivity contribution in [2.75, 3.05) is 0 Å². The molecule has 258 valence electrons. The van der Waals surface area contributed by atoms with E-state index in [-0.39, 0.29) is 0 Å². The third-order valence-corrected chi connectivity index (χ3v) is 10.9. The molecule has 0 N–H and O–H groups in total. The van der Waals surface area contributed by atoms with Crippen LogP contribution in [-0.2, 0) is 0 Å². The van der Waals surface area contributed by atoms with Crippen molar-refractivity contribution in [1.82, 2.24) is 39.9 Å². The Balaban J connectivity index is 1.33. The Hall–Kier alpha value is -7.84. The fourth-order valence-electron chi connectivity index (χ4n) is 8.46. The van der Waals surface area contributed by atoms with Gasteiger partial charge in [0.1, 0.15) is 0 Å². The maximum absolute atomic E-state index is 5.64. The fraction of sp³-hybridized carbons (Fsp3) is 0. The molecule has 0 aliphatic carbocycles. The first kappa shape index (κ1) is 30.6. The van der Waals surface area contributed by atoms with Crippen LogP contribution in [0.3, 0.4) is 0 Å². The second-order valence-corrected chi connectivity index (χ2v) is 13.9. The van der Waals surface area contributed by atoms with Gasteiger partial charge in [0, 0.05) is 97.0 Å². The quantitative estimate of drug-likeness (QED) is 0.167. The molecule has 0 amide bonds. The van der Waals surface area contributed by atoms with E-state index >= 15 is 0 Å². The molecule has 0 radical (unpaired) electrons. The summed E-state index contributed by atoms with van der Waals surface area (Å²) < 4.78 is 0. The molecule has 0 saturated carbocycles. The average molecular weight is 715 g/mol. The summed E-state index contributed by atoms with van der Waals surface area (Å²) in [6, 6.07) is 41.4. The topological polar surface area (TPSA) is 103 Å². The highest BCUT2D eigenvalue weighted by atomic mass is 14.8. The van der Waals surface area contributed by atoms with Crippen molar-refractivity contribution in [2.45, 2.75) is 0 Å². The Morgan fingerprint density at radius 1 is 0.304 bits per heavy atom. The lowest BCUT2D eigenvalue weighted by Gasteiger charge is -2.21. The van der Waals surface area contributed by atoms with Gasteiger partial charge in [0.2, 0.25) is 0 Å². The molecular formula is C48H26N8. The lowest BCUT2D eigenvalue weighted by molar-refractivity contribution is 1.32. The first-order valence-corrected chi connectivity index (χ1v) is 18.4. The number of rotatable bonds is 3. The molecule has 0 aliphatic rings. The van der Waals surface area contributed by atoms with E-state index in [1.165, 1.54) is 0 Å². The van der Waals surface area contributed by atoms with Gasteiger partial charge >= 0.3 is 0 Å². The standard InChI is InChI=1S/C48H26N8/c1-7-27-13-16-38-32(43(27)51-21-1)14-18-39(55-38)48-42(36-25-28-8-2-22-52-44(28)34-12-6-24-54-46(34)36)41(33-15-17-37-30(47(33)56-48)10-4-19-49-37)35-26-40-31(11-5-20-50-40)45-29(35)9-3-23-53-45/h1-26H. The second kappa shape index (κ2) is 11.8. The first-order valence-electron chi connectivity index (χ1n) is 18.4. The number of hydrogen-bond acceptors (Lipinski definition) is 8. The minimum absolute atomic E-state index is 0.722. The predicted molar refractivity (Wildman–Crippen MR) is 225 cm³/mol. The van der Waals surface area contributed by atoms with E-state index in [1.807, 2.05) is 73.6 Å². The van der Waals surface area contributed by atoms with E-state index in [4.69, 9.17) is 39.9 Å². The molecule has 8 heteroatoms. The third-order valence-electron chi connectivity index (χ3n) is 10.9. The molecule has 0 unspecified atom stereocenters. The molecule has 0 bridgehead atoms. The van der Waals surface area contributed by atoms with Gasteiger partial charge in [-0.1, -0.05) is 24.3 Å². The minimum Gasteiger partial charge on any atom is -0.256 e. The van der Waals surface area contributed by atoms with E-state index in [0.29, 0.717) is 0 Å². The van der Waals surface area contributed by atoms with Crippen LogP contribution in [0.1, 0.15) is 0 Å². The van der Waals surface area contributed by atoms with Crippen molar-refractivity contribution in [3.05, 3.63) is 159 Å². The van der Waals surface area contributed by atoms with Gasteiger partial charge in [0.05, 0.1) is 55.5 Å². The summed E-state index contributed by atoms with van der Waals surface area (Å²) in [5, 5.41) is 7.90. The summed E-state index contributed by atoms with van der Waals surface area (Å²) in [6.07, 6.45) is 11.0. The van der Waals surface area contributed by atoms with Gasteiger partial charge in [0.25, 0.3) is 0 Å². The first-order chi connectivity index (χ1) is 27.8. The smallest absolute Gasteiger partial charge is 0.0979 e. The normalized spacial score (nSPS) is 11.9. The zero-order valence-electron chi connectivity index (χ0n) is 29.6. The van der Waals surface area contributed by atoms with Crippen LogP contribution in [0.2, 0.25) is 0 Å².